The molecule has 1 rings (SSSR count). The van der Waals surface area contributed by atoms with Crippen molar-refractivity contribution in [3.05, 3.63) is 28.8 Å². The van der Waals surface area contributed by atoms with Crippen LogP contribution in [0, 0.1) is 5.92 Å². The van der Waals surface area contributed by atoms with Gasteiger partial charge in [0.25, 0.3) is 5.91 Å². The Morgan fingerprint density at radius 1 is 1.24 bits per heavy atom. The lowest BCUT2D eigenvalue weighted by atomic mass is 10.0. The molecular weight excluding hydrogens is 294 g/mol. The van der Waals surface area contributed by atoms with Crippen molar-refractivity contribution in [3.63, 3.8) is 0 Å². The molecular formula is C15H20ClNO4. The molecule has 0 heterocycles. The highest BCUT2D eigenvalue weighted by Crippen LogP contribution is 2.24. The largest absolute Gasteiger partial charge is 0.490 e. The molecule has 0 saturated carbocycles. The summed E-state index contributed by atoms with van der Waals surface area (Å²) >= 11 is 5.92. The fourth-order valence-corrected chi connectivity index (χ4v) is 1.83. The average molecular weight is 314 g/mol. The van der Waals surface area contributed by atoms with Crippen LogP contribution in [0.3, 0.4) is 0 Å². The van der Waals surface area contributed by atoms with E-state index in [-0.39, 0.29) is 6.10 Å². The van der Waals surface area contributed by atoms with Crippen molar-refractivity contribution in [2.75, 3.05) is 0 Å². The van der Waals surface area contributed by atoms with Crippen LogP contribution >= 0.6 is 11.6 Å². The first kappa shape index (κ1) is 17.3. The standard InChI is InChI=1S/C15H20ClNO4/c1-8(2)21-13-6-5-11(16)7-12(13)14(18)17-10(4)9(3)15(19)20/h5-10H,1-4H3,(H,17,18)(H,19,20). The second-order valence-electron chi connectivity index (χ2n) is 5.20. The van der Waals surface area contributed by atoms with Gasteiger partial charge in [0.1, 0.15) is 5.75 Å². The predicted molar refractivity (Wildman–Crippen MR) is 80.9 cm³/mol. The Kier molecular flexibility index (Phi) is 6.03. The molecule has 0 aromatic heterocycles. The van der Waals surface area contributed by atoms with Crippen molar-refractivity contribution >= 4 is 23.5 Å². The van der Waals surface area contributed by atoms with Crippen molar-refractivity contribution in [1.82, 2.24) is 5.32 Å². The summed E-state index contributed by atoms with van der Waals surface area (Å²) in [4.78, 5) is 23.2. The van der Waals surface area contributed by atoms with Gasteiger partial charge in [-0.05, 0) is 45.9 Å². The van der Waals surface area contributed by atoms with Gasteiger partial charge < -0.3 is 15.2 Å². The van der Waals surface area contributed by atoms with Gasteiger partial charge in [-0.15, -0.1) is 0 Å². The number of aliphatic carboxylic acids is 1. The van der Waals surface area contributed by atoms with Gasteiger partial charge in [0, 0.05) is 11.1 Å². The van der Waals surface area contributed by atoms with Crippen molar-refractivity contribution < 1.29 is 19.4 Å². The molecule has 1 aromatic rings. The van der Waals surface area contributed by atoms with Crippen molar-refractivity contribution in [1.29, 1.82) is 0 Å². The summed E-state index contributed by atoms with van der Waals surface area (Å²) in [5, 5.41) is 12.0. The maximum absolute atomic E-state index is 12.3. The van der Waals surface area contributed by atoms with Crippen LogP contribution < -0.4 is 10.1 Å². The number of ether oxygens (including phenoxy) is 1. The van der Waals surface area contributed by atoms with E-state index in [2.05, 4.69) is 5.32 Å². The van der Waals surface area contributed by atoms with Crippen molar-refractivity contribution in [2.24, 2.45) is 5.92 Å². The van der Waals surface area contributed by atoms with Gasteiger partial charge in [-0.25, -0.2) is 0 Å². The Balaban J connectivity index is 2.95. The maximum atomic E-state index is 12.3. The zero-order chi connectivity index (χ0) is 16.2. The zero-order valence-electron chi connectivity index (χ0n) is 12.5. The minimum Gasteiger partial charge on any atom is -0.490 e. The van der Waals surface area contributed by atoms with Crippen molar-refractivity contribution in [3.8, 4) is 5.75 Å². The zero-order valence-corrected chi connectivity index (χ0v) is 13.3. The van der Waals surface area contributed by atoms with Crippen LogP contribution in [0.15, 0.2) is 18.2 Å². The summed E-state index contributed by atoms with van der Waals surface area (Å²) in [5.41, 5.74) is 0.292. The third-order valence-corrected chi connectivity index (χ3v) is 3.28. The second-order valence-corrected chi connectivity index (χ2v) is 5.63. The number of benzene rings is 1. The number of carboxylic acid groups (broad SMARTS) is 1. The lowest BCUT2D eigenvalue weighted by molar-refractivity contribution is -0.141. The number of carbonyl (C=O) groups is 2. The first-order valence-corrected chi connectivity index (χ1v) is 7.10. The number of amides is 1. The van der Waals surface area contributed by atoms with E-state index in [0.717, 1.165) is 0 Å². The van der Waals surface area contributed by atoms with Crippen LogP contribution in [0.2, 0.25) is 5.02 Å². The molecule has 0 radical (unpaired) electrons. The Morgan fingerprint density at radius 3 is 2.38 bits per heavy atom. The summed E-state index contributed by atoms with van der Waals surface area (Å²) in [5.74, 6) is -1.65. The molecule has 5 nitrogen and oxygen atoms in total. The molecule has 0 bridgehead atoms. The fourth-order valence-electron chi connectivity index (χ4n) is 1.66. The summed E-state index contributed by atoms with van der Waals surface area (Å²) in [6.07, 6.45) is -0.0897. The molecule has 2 N–H and O–H groups in total. The van der Waals surface area contributed by atoms with Crippen molar-refractivity contribution in [2.45, 2.75) is 39.8 Å². The highest BCUT2D eigenvalue weighted by Gasteiger charge is 2.23. The minimum absolute atomic E-state index is 0.0897. The summed E-state index contributed by atoms with van der Waals surface area (Å²) < 4.78 is 5.58. The van der Waals surface area contributed by atoms with E-state index in [1.165, 1.54) is 13.0 Å². The first-order valence-electron chi connectivity index (χ1n) is 6.72. The Morgan fingerprint density at radius 2 is 1.86 bits per heavy atom. The number of carboxylic acids is 1. The quantitative estimate of drug-likeness (QED) is 0.846. The van der Waals surface area contributed by atoms with E-state index in [9.17, 15) is 9.59 Å². The van der Waals surface area contributed by atoms with Crippen LogP contribution in [0.1, 0.15) is 38.1 Å². The van der Waals surface area contributed by atoms with E-state index < -0.39 is 23.8 Å². The SMILES string of the molecule is CC(C)Oc1ccc(Cl)cc1C(=O)NC(C)C(C)C(=O)O. The van der Waals surface area contributed by atoms with Gasteiger partial charge in [-0.2, -0.15) is 0 Å². The number of halogens is 1. The molecule has 116 valence electrons. The highest BCUT2D eigenvalue weighted by atomic mass is 35.5. The van der Waals surface area contributed by atoms with Gasteiger partial charge in [0.15, 0.2) is 0 Å². The summed E-state index contributed by atoms with van der Waals surface area (Å²) in [6, 6.07) is 4.26. The molecule has 0 spiro atoms. The molecule has 0 fully saturated rings. The fraction of sp³-hybridized carbons (Fsp3) is 0.467. The number of hydrogen-bond acceptors (Lipinski definition) is 3. The van der Waals surface area contributed by atoms with E-state index in [0.29, 0.717) is 16.3 Å². The van der Waals surface area contributed by atoms with Crippen LogP contribution in [0.5, 0.6) is 5.75 Å². The molecule has 0 aliphatic carbocycles. The molecule has 0 aliphatic heterocycles. The van der Waals surface area contributed by atoms with Gasteiger partial charge in [-0.3, -0.25) is 9.59 Å². The molecule has 2 atom stereocenters. The Bertz CT molecular complexity index is 530. The molecule has 0 aliphatic rings. The monoisotopic (exact) mass is 313 g/mol. The van der Waals surface area contributed by atoms with E-state index in [1.54, 1.807) is 19.1 Å². The molecule has 1 aromatic carbocycles. The van der Waals surface area contributed by atoms with E-state index >= 15 is 0 Å². The second kappa shape index (κ2) is 7.31. The number of nitrogens with one attached hydrogen (secondary N) is 1. The molecule has 1 amide bonds. The molecule has 2 unspecified atom stereocenters. The topological polar surface area (TPSA) is 75.6 Å². The number of rotatable bonds is 6. The summed E-state index contributed by atoms with van der Waals surface area (Å²) in [7, 11) is 0. The molecule has 21 heavy (non-hydrogen) atoms. The van der Waals surface area contributed by atoms with Gasteiger partial charge in [0.05, 0.1) is 17.6 Å². The van der Waals surface area contributed by atoms with E-state index in [4.69, 9.17) is 21.4 Å². The van der Waals surface area contributed by atoms with Crippen LogP contribution in [-0.2, 0) is 4.79 Å². The van der Waals surface area contributed by atoms with Gasteiger partial charge in [0.2, 0.25) is 0 Å². The maximum Gasteiger partial charge on any atom is 0.308 e. The lowest BCUT2D eigenvalue weighted by Crippen LogP contribution is -2.40. The van der Waals surface area contributed by atoms with E-state index in [1.807, 2.05) is 13.8 Å². The highest BCUT2D eigenvalue weighted by molar-refractivity contribution is 6.31. The molecule has 0 saturated heterocycles. The normalized spacial score (nSPS) is 13.6. The third kappa shape index (κ3) is 4.93. The number of carbonyl (C=O) groups excluding carboxylic acids is 1. The predicted octanol–water partition coefficient (Wildman–Crippen LogP) is 2.97. The summed E-state index contributed by atoms with van der Waals surface area (Å²) in [6.45, 7) is 6.89. The lowest BCUT2D eigenvalue weighted by Gasteiger charge is -2.19. The minimum atomic E-state index is -0.965. The average Bonchev–Trinajstić information content (AvgIpc) is 2.38. The van der Waals surface area contributed by atoms with Crippen LogP contribution in [0.4, 0.5) is 0 Å². The van der Waals surface area contributed by atoms with Gasteiger partial charge >= 0.3 is 5.97 Å². The molecule has 6 heteroatoms. The smallest absolute Gasteiger partial charge is 0.308 e. The number of hydrogen-bond donors (Lipinski definition) is 2. The first-order chi connectivity index (χ1) is 9.72. The third-order valence-electron chi connectivity index (χ3n) is 3.05. The van der Waals surface area contributed by atoms with Gasteiger partial charge in [-0.1, -0.05) is 11.6 Å². The van der Waals surface area contributed by atoms with Crippen LogP contribution in [-0.4, -0.2) is 29.1 Å². The Hall–Kier alpha value is -1.75. The Labute approximate surface area is 129 Å². The van der Waals surface area contributed by atoms with Crippen LogP contribution in [0.25, 0.3) is 0 Å².